The minimum absolute atomic E-state index is 0.0720. The summed E-state index contributed by atoms with van der Waals surface area (Å²) in [6.07, 6.45) is 0. The summed E-state index contributed by atoms with van der Waals surface area (Å²) in [6, 6.07) is 9.42. The molecule has 2 N–H and O–H groups in total. The smallest absolute Gasteiger partial charge is 0.267 e. The largest absolute Gasteiger partial charge is 0.357 e. The summed E-state index contributed by atoms with van der Waals surface area (Å²) < 4.78 is 0. The van der Waals surface area contributed by atoms with Gasteiger partial charge in [-0.2, -0.15) is 0 Å². The number of hydrogen-bond acceptors (Lipinski definition) is 4. The molecular weight excluding hydrogens is 270 g/mol. The fraction of sp³-hybridized carbons (Fsp3) is 0.333. The molecule has 0 aliphatic rings. The zero-order valence-electron chi connectivity index (χ0n) is 12.2. The number of para-hydroxylation sites is 1. The number of anilines is 2. The molecule has 0 atom stereocenters. The Morgan fingerprint density at radius 1 is 1.20 bits per heavy atom. The summed E-state index contributed by atoms with van der Waals surface area (Å²) in [5.41, 5.74) is 1.46. The van der Waals surface area contributed by atoms with Crippen LogP contribution in [0.1, 0.15) is 36.1 Å². The standard InChI is InChI=1S/C15H19N3OS/c1-10-12(20-14(16-10)18-15(2,3)4)13(19)17-11-8-6-5-7-9-11/h5-9H,1-4H3,(H,16,18)(H,17,19). The Balaban J connectivity index is 2.14. The molecule has 20 heavy (non-hydrogen) atoms. The van der Waals surface area contributed by atoms with Crippen molar-refractivity contribution in [2.45, 2.75) is 33.2 Å². The van der Waals surface area contributed by atoms with Gasteiger partial charge in [0.05, 0.1) is 5.69 Å². The van der Waals surface area contributed by atoms with Gasteiger partial charge in [-0.3, -0.25) is 4.79 Å². The molecule has 1 amide bonds. The first kappa shape index (κ1) is 14.5. The molecule has 0 aliphatic heterocycles. The van der Waals surface area contributed by atoms with E-state index in [0.717, 1.165) is 16.5 Å². The lowest BCUT2D eigenvalue weighted by Gasteiger charge is -2.19. The summed E-state index contributed by atoms with van der Waals surface area (Å²) in [7, 11) is 0. The summed E-state index contributed by atoms with van der Waals surface area (Å²) in [4.78, 5) is 17.3. The number of thiazole rings is 1. The van der Waals surface area contributed by atoms with E-state index in [0.29, 0.717) is 4.88 Å². The van der Waals surface area contributed by atoms with E-state index in [1.165, 1.54) is 11.3 Å². The summed E-state index contributed by atoms with van der Waals surface area (Å²) >= 11 is 1.38. The highest BCUT2D eigenvalue weighted by atomic mass is 32.1. The Labute approximate surface area is 123 Å². The maximum atomic E-state index is 12.2. The lowest BCUT2D eigenvalue weighted by molar-refractivity contribution is 0.103. The molecule has 0 unspecified atom stereocenters. The first-order valence-corrected chi connectivity index (χ1v) is 7.29. The topological polar surface area (TPSA) is 54.0 Å². The van der Waals surface area contributed by atoms with Crippen LogP contribution in [0, 0.1) is 6.92 Å². The van der Waals surface area contributed by atoms with Crippen molar-refractivity contribution in [3.8, 4) is 0 Å². The number of aromatic nitrogens is 1. The number of nitrogens with zero attached hydrogens (tertiary/aromatic N) is 1. The number of hydrogen-bond donors (Lipinski definition) is 2. The predicted molar refractivity (Wildman–Crippen MR) is 84.6 cm³/mol. The van der Waals surface area contributed by atoms with Crippen molar-refractivity contribution in [3.63, 3.8) is 0 Å². The van der Waals surface area contributed by atoms with Crippen molar-refractivity contribution in [3.05, 3.63) is 40.9 Å². The van der Waals surface area contributed by atoms with Crippen LogP contribution < -0.4 is 10.6 Å². The molecule has 0 saturated carbocycles. The van der Waals surface area contributed by atoms with E-state index in [1.54, 1.807) is 0 Å². The quantitative estimate of drug-likeness (QED) is 0.900. The molecule has 0 spiro atoms. The average Bonchev–Trinajstić information content (AvgIpc) is 2.69. The van der Waals surface area contributed by atoms with Crippen molar-refractivity contribution in [1.29, 1.82) is 0 Å². The number of carbonyl (C=O) groups excluding carboxylic acids is 1. The van der Waals surface area contributed by atoms with Crippen molar-refractivity contribution in [2.24, 2.45) is 0 Å². The van der Waals surface area contributed by atoms with Crippen LogP contribution in [-0.4, -0.2) is 16.4 Å². The number of benzene rings is 1. The van der Waals surface area contributed by atoms with Crippen LogP contribution in [0.25, 0.3) is 0 Å². The third-order valence-corrected chi connectivity index (χ3v) is 3.59. The number of carbonyl (C=O) groups is 1. The highest BCUT2D eigenvalue weighted by molar-refractivity contribution is 7.17. The van der Waals surface area contributed by atoms with Crippen LogP contribution in [0.3, 0.4) is 0 Å². The number of aryl methyl sites for hydroxylation is 1. The molecule has 1 aromatic heterocycles. The second-order valence-electron chi connectivity index (χ2n) is 5.63. The normalized spacial score (nSPS) is 11.2. The van der Waals surface area contributed by atoms with Crippen LogP contribution in [0.4, 0.5) is 10.8 Å². The van der Waals surface area contributed by atoms with Crippen LogP contribution in [0.15, 0.2) is 30.3 Å². The molecule has 2 aromatic rings. The van der Waals surface area contributed by atoms with Gasteiger partial charge in [-0.25, -0.2) is 4.98 Å². The fourth-order valence-electron chi connectivity index (χ4n) is 1.69. The van der Waals surface area contributed by atoms with Gasteiger partial charge >= 0.3 is 0 Å². The van der Waals surface area contributed by atoms with Gasteiger partial charge in [0.2, 0.25) is 0 Å². The Bertz CT molecular complexity index is 599. The van der Waals surface area contributed by atoms with Crippen molar-refractivity contribution < 1.29 is 4.79 Å². The molecule has 1 aromatic carbocycles. The van der Waals surface area contributed by atoms with Gasteiger partial charge < -0.3 is 10.6 Å². The Kier molecular flexibility index (Phi) is 4.09. The van der Waals surface area contributed by atoms with Crippen molar-refractivity contribution in [1.82, 2.24) is 4.98 Å². The van der Waals surface area contributed by atoms with Crippen LogP contribution in [0.5, 0.6) is 0 Å². The second kappa shape index (κ2) is 5.63. The first-order chi connectivity index (χ1) is 9.35. The lowest BCUT2D eigenvalue weighted by Crippen LogP contribution is -2.25. The minimum Gasteiger partial charge on any atom is -0.357 e. The fourth-order valence-corrected chi connectivity index (χ4v) is 2.76. The van der Waals surface area contributed by atoms with Crippen molar-refractivity contribution in [2.75, 3.05) is 10.6 Å². The number of nitrogens with one attached hydrogen (secondary N) is 2. The Morgan fingerprint density at radius 2 is 1.85 bits per heavy atom. The van der Waals surface area contributed by atoms with Crippen molar-refractivity contribution >= 4 is 28.1 Å². The van der Waals surface area contributed by atoms with Gasteiger partial charge in [-0.05, 0) is 39.8 Å². The molecule has 5 heteroatoms. The van der Waals surface area contributed by atoms with E-state index >= 15 is 0 Å². The van der Waals surface area contributed by atoms with E-state index in [1.807, 2.05) is 37.3 Å². The molecule has 0 saturated heterocycles. The van der Waals surface area contributed by atoms with E-state index in [-0.39, 0.29) is 11.4 Å². The van der Waals surface area contributed by atoms with Gasteiger partial charge in [0.15, 0.2) is 5.13 Å². The van der Waals surface area contributed by atoms with E-state index in [2.05, 4.69) is 36.4 Å². The summed E-state index contributed by atoms with van der Waals surface area (Å²) in [5, 5.41) is 6.94. The summed E-state index contributed by atoms with van der Waals surface area (Å²) in [5.74, 6) is -0.117. The molecule has 0 aliphatic carbocycles. The number of rotatable bonds is 3. The minimum atomic E-state index is -0.117. The molecule has 106 valence electrons. The van der Waals surface area contributed by atoms with E-state index < -0.39 is 0 Å². The molecular formula is C15H19N3OS. The van der Waals surface area contributed by atoms with Gasteiger partial charge in [0.25, 0.3) is 5.91 Å². The summed E-state index contributed by atoms with van der Waals surface area (Å²) in [6.45, 7) is 8.04. The van der Waals surface area contributed by atoms with Crippen LogP contribution in [-0.2, 0) is 0 Å². The van der Waals surface area contributed by atoms with Gasteiger partial charge in [-0.15, -0.1) is 0 Å². The number of amides is 1. The zero-order chi connectivity index (χ0) is 14.8. The van der Waals surface area contributed by atoms with Gasteiger partial charge in [0, 0.05) is 11.2 Å². The van der Waals surface area contributed by atoms with E-state index in [9.17, 15) is 4.79 Å². The van der Waals surface area contributed by atoms with Gasteiger partial charge in [0.1, 0.15) is 4.88 Å². The highest BCUT2D eigenvalue weighted by Crippen LogP contribution is 2.26. The molecule has 0 radical (unpaired) electrons. The molecule has 1 heterocycles. The predicted octanol–water partition coefficient (Wildman–Crippen LogP) is 3.91. The molecule has 4 nitrogen and oxygen atoms in total. The lowest BCUT2D eigenvalue weighted by atomic mass is 10.1. The van der Waals surface area contributed by atoms with Crippen LogP contribution in [0.2, 0.25) is 0 Å². The van der Waals surface area contributed by atoms with Crippen LogP contribution >= 0.6 is 11.3 Å². The maximum Gasteiger partial charge on any atom is 0.267 e. The second-order valence-corrected chi connectivity index (χ2v) is 6.63. The monoisotopic (exact) mass is 289 g/mol. The Hall–Kier alpha value is -1.88. The first-order valence-electron chi connectivity index (χ1n) is 6.47. The molecule has 2 rings (SSSR count). The maximum absolute atomic E-state index is 12.2. The molecule has 0 bridgehead atoms. The average molecular weight is 289 g/mol. The van der Waals surface area contributed by atoms with Gasteiger partial charge in [-0.1, -0.05) is 29.5 Å². The third kappa shape index (κ3) is 3.81. The SMILES string of the molecule is Cc1nc(NC(C)(C)C)sc1C(=O)Nc1ccccc1. The highest BCUT2D eigenvalue weighted by Gasteiger charge is 2.18. The molecule has 0 fully saturated rings. The van der Waals surface area contributed by atoms with E-state index in [4.69, 9.17) is 0 Å². The zero-order valence-corrected chi connectivity index (χ0v) is 13.0. The third-order valence-electron chi connectivity index (χ3n) is 2.52. The Morgan fingerprint density at radius 3 is 2.45 bits per heavy atom.